The van der Waals surface area contributed by atoms with Crippen molar-refractivity contribution in [1.82, 2.24) is 4.98 Å². The molecule has 0 radical (unpaired) electrons. The smallest absolute Gasteiger partial charge is 0.167 e. The fraction of sp³-hybridized carbons (Fsp3) is 0.143. The van der Waals surface area contributed by atoms with Crippen LogP contribution in [0.4, 0.5) is 0 Å². The van der Waals surface area contributed by atoms with Gasteiger partial charge in [0, 0.05) is 6.20 Å². The number of aldehydes is 1. The van der Waals surface area contributed by atoms with Gasteiger partial charge >= 0.3 is 0 Å². The monoisotopic (exact) mass is 134 g/mol. The summed E-state index contributed by atoms with van der Waals surface area (Å²) in [6.45, 7) is 1.78. The van der Waals surface area contributed by atoms with E-state index < -0.39 is 0 Å². The average Bonchev–Trinajstić information content (AvgIpc) is 2.30. The summed E-state index contributed by atoms with van der Waals surface area (Å²) in [4.78, 5) is 12.9. The zero-order chi connectivity index (χ0) is 7.56. The maximum atomic E-state index is 10.2. The molecule has 0 saturated heterocycles. The summed E-state index contributed by atoms with van der Waals surface area (Å²) in [7, 11) is 0. The maximum absolute atomic E-state index is 10.2. The number of hydrogen-bond acceptors (Lipinski definition) is 2. The first kappa shape index (κ1) is 6.56. The summed E-state index contributed by atoms with van der Waals surface area (Å²) in [5.41, 5.74) is 1.61. The normalized spacial score (nSPS) is 8.80. The van der Waals surface area contributed by atoms with E-state index in [1.54, 1.807) is 13.1 Å². The van der Waals surface area contributed by atoms with Crippen molar-refractivity contribution in [3.63, 3.8) is 0 Å². The fourth-order valence-electron chi connectivity index (χ4n) is 0.784. The Kier molecular flexibility index (Phi) is 1.55. The number of carbonyl (C=O) groups excluding carboxylic acids is 1. The van der Waals surface area contributed by atoms with Crippen molar-refractivity contribution >= 4 is 6.29 Å². The summed E-state index contributed by atoms with van der Waals surface area (Å²) < 4.78 is 0. The van der Waals surface area contributed by atoms with E-state index in [1.165, 1.54) is 0 Å². The Balaban J connectivity index is 3.29. The molecule has 10 heavy (non-hydrogen) atoms. The van der Waals surface area contributed by atoms with E-state index in [1.807, 2.05) is 6.07 Å². The molecule has 0 atom stereocenters. The lowest BCUT2D eigenvalue weighted by Gasteiger charge is -1.82. The number of hydrogen-bond donors (Lipinski definition) is 1. The number of H-pyrrole nitrogens is 1. The molecule has 1 N–H and O–H groups in total. The van der Waals surface area contributed by atoms with Gasteiger partial charge in [-0.05, 0) is 12.5 Å². The minimum atomic E-state index is 0.361. The van der Waals surface area contributed by atoms with E-state index in [2.05, 4.69) is 4.98 Å². The molecule has 0 aromatic carbocycles. The Morgan fingerprint density at radius 1 is 1.80 bits per heavy atom. The van der Waals surface area contributed by atoms with Gasteiger partial charge in [-0.3, -0.25) is 4.79 Å². The van der Waals surface area contributed by atoms with E-state index in [0.29, 0.717) is 17.5 Å². The highest BCUT2D eigenvalue weighted by Gasteiger charge is 2.04. The first-order chi connectivity index (χ1) is 4.79. The highest BCUT2D eigenvalue weighted by Crippen LogP contribution is 2.08. The van der Waals surface area contributed by atoms with Crippen LogP contribution in [0.5, 0.6) is 0 Å². The number of aromatic nitrogens is 1. The van der Waals surface area contributed by atoms with Gasteiger partial charge < -0.3 is 4.98 Å². The summed E-state index contributed by atoms with van der Waals surface area (Å²) >= 11 is 0. The van der Waals surface area contributed by atoms with Crippen LogP contribution in [-0.2, 0) is 0 Å². The number of aryl methyl sites for hydroxylation is 1. The van der Waals surface area contributed by atoms with Gasteiger partial charge in [0.25, 0.3) is 0 Å². The van der Waals surface area contributed by atoms with Gasteiger partial charge in [0.05, 0.1) is 11.3 Å². The molecule has 1 aromatic heterocycles. The predicted molar refractivity (Wildman–Crippen MR) is 35.6 cm³/mol. The van der Waals surface area contributed by atoms with Crippen molar-refractivity contribution in [2.24, 2.45) is 0 Å². The van der Waals surface area contributed by atoms with Crippen LogP contribution >= 0.6 is 0 Å². The van der Waals surface area contributed by atoms with Crippen LogP contribution in [0.25, 0.3) is 0 Å². The zero-order valence-corrected chi connectivity index (χ0v) is 5.51. The lowest BCUT2D eigenvalue weighted by Crippen LogP contribution is -1.83. The number of nitriles is 1. The fourth-order valence-corrected chi connectivity index (χ4v) is 0.784. The Morgan fingerprint density at radius 2 is 2.50 bits per heavy atom. The van der Waals surface area contributed by atoms with Crippen LogP contribution in [0, 0.1) is 18.3 Å². The maximum Gasteiger partial charge on any atom is 0.167 e. The molecule has 0 aliphatic rings. The molecule has 50 valence electrons. The van der Waals surface area contributed by atoms with Crippen LogP contribution in [-0.4, -0.2) is 11.3 Å². The number of nitrogens with one attached hydrogen (secondary N) is 1. The Bertz CT molecular complexity index is 293. The van der Waals surface area contributed by atoms with E-state index in [4.69, 9.17) is 5.26 Å². The molecule has 0 aliphatic heterocycles. The standard InChI is InChI=1S/C7H6N2O/c1-5-3-9-7(4-10)6(5)2-8/h3-4,9H,1H3. The minimum Gasteiger partial charge on any atom is -0.358 e. The van der Waals surface area contributed by atoms with Crippen molar-refractivity contribution in [3.05, 3.63) is 23.0 Å². The van der Waals surface area contributed by atoms with E-state index in [-0.39, 0.29) is 0 Å². The molecule has 0 bridgehead atoms. The third kappa shape index (κ3) is 0.799. The van der Waals surface area contributed by atoms with E-state index >= 15 is 0 Å². The summed E-state index contributed by atoms with van der Waals surface area (Å²) in [6, 6.07) is 1.93. The van der Waals surface area contributed by atoms with Crippen LogP contribution in [0.2, 0.25) is 0 Å². The van der Waals surface area contributed by atoms with Crippen molar-refractivity contribution in [2.45, 2.75) is 6.92 Å². The highest BCUT2D eigenvalue weighted by atomic mass is 16.1. The zero-order valence-electron chi connectivity index (χ0n) is 5.51. The van der Waals surface area contributed by atoms with Gasteiger partial charge in [0.1, 0.15) is 6.07 Å². The lowest BCUT2D eigenvalue weighted by molar-refractivity contribution is 0.111. The van der Waals surface area contributed by atoms with Gasteiger partial charge in [-0.15, -0.1) is 0 Å². The first-order valence-corrected chi connectivity index (χ1v) is 2.83. The predicted octanol–water partition coefficient (Wildman–Crippen LogP) is 1.01. The lowest BCUT2D eigenvalue weighted by atomic mass is 10.2. The third-order valence-corrected chi connectivity index (χ3v) is 1.34. The average molecular weight is 134 g/mol. The molecule has 1 heterocycles. The largest absolute Gasteiger partial charge is 0.358 e. The second-order valence-electron chi connectivity index (χ2n) is 1.99. The van der Waals surface area contributed by atoms with Crippen molar-refractivity contribution in [1.29, 1.82) is 5.26 Å². The van der Waals surface area contributed by atoms with Crippen LogP contribution in [0.15, 0.2) is 6.20 Å². The van der Waals surface area contributed by atoms with Gasteiger partial charge in [-0.1, -0.05) is 0 Å². The van der Waals surface area contributed by atoms with Gasteiger partial charge in [-0.2, -0.15) is 5.26 Å². The number of rotatable bonds is 1. The Morgan fingerprint density at radius 3 is 2.90 bits per heavy atom. The summed E-state index contributed by atoms with van der Waals surface area (Å²) in [5.74, 6) is 0. The molecule has 0 aliphatic carbocycles. The van der Waals surface area contributed by atoms with Crippen LogP contribution in [0.3, 0.4) is 0 Å². The number of nitrogens with zero attached hydrogens (tertiary/aromatic N) is 1. The van der Waals surface area contributed by atoms with Crippen molar-refractivity contribution < 1.29 is 4.79 Å². The number of aromatic amines is 1. The summed E-state index contributed by atoms with van der Waals surface area (Å²) in [6.07, 6.45) is 2.29. The highest BCUT2D eigenvalue weighted by molar-refractivity contribution is 5.77. The summed E-state index contributed by atoms with van der Waals surface area (Å²) in [5, 5.41) is 8.49. The van der Waals surface area contributed by atoms with Gasteiger partial charge in [0.15, 0.2) is 6.29 Å². The second kappa shape index (κ2) is 2.36. The molecule has 0 unspecified atom stereocenters. The molecule has 1 aromatic rings. The van der Waals surface area contributed by atoms with Crippen LogP contribution in [0.1, 0.15) is 21.6 Å². The topological polar surface area (TPSA) is 56.6 Å². The second-order valence-corrected chi connectivity index (χ2v) is 1.99. The van der Waals surface area contributed by atoms with E-state index in [9.17, 15) is 4.79 Å². The quantitative estimate of drug-likeness (QED) is 0.582. The molecule has 3 nitrogen and oxygen atoms in total. The Hall–Kier alpha value is -1.56. The first-order valence-electron chi connectivity index (χ1n) is 2.83. The van der Waals surface area contributed by atoms with Crippen LogP contribution < -0.4 is 0 Å². The van der Waals surface area contributed by atoms with Crippen molar-refractivity contribution in [3.8, 4) is 6.07 Å². The third-order valence-electron chi connectivity index (χ3n) is 1.34. The molecular formula is C7H6N2O. The molecule has 0 spiro atoms. The number of carbonyl (C=O) groups is 1. The van der Waals surface area contributed by atoms with Crippen molar-refractivity contribution in [2.75, 3.05) is 0 Å². The molecule has 0 saturated carbocycles. The van der Waals surface area contributed by atoms with Gasteiger partial charge in [0.2, 0.25) is 0 Å². The Labute approximate surface area is 58.3 Å². The SMILES string of the molecule is Cc1c[nH]c(C=O)c1C#N. The molecule has 1 rings (SSSR count). The molecule has 0 amide bonds. The molecule has 0 fully saturated rings. The van der Waals surface area contributed by atoms with Gasteiger partial charge in [-0.25, -0.2) is 0 Å². The molecular weight excluding hydrogens is 128 g/mol. The minimum absolute atomic E-state index is 0.361. The van der Waals surface area contributed by atoms with E-state index in [0.717, 1.165) is 5.56 Å². The molecule has 3 heteroatoms.